The summed E-state index contributed by atoms with van der Waals surface area (Å²) in [6.07, 6.45) is 5.67. The Kier molecular flexibility index (Phi) is 10.8. The van der Waals surface area contributed by atoms with Crippen LogP contribution in [-0.4, -0.2) is 48.6 Å². The van der Waals surface area contributed by atoms with E-state index in [2.05, 4.69) is 54.8 Å². The Morgan fingerprint density at radius 3 is 2.44 bits per heavy atom. The second kappa shape index (κ2) is 13.8. The average molecular weight is 489 g/mol. The molecular weight excluding hydrogens is 452 g/mol. The fourth-order valence-electron chi connectivity index (χ4n) is 4.04. The minimum atomic E-state index is -0.464. The van der Waals surface area contributed by atoms with Crippen LogP contribution in [0.2, 0.25) is 0 Å². The van der Waals surface area contributed by atoms with Gasteiger partial charge in [-0.05, 0) is 53.9 Å². The lowest BCUT2D eigenvalue weighted by Gasteiger charge is -2.21. The van der Waals surface area contributed by atoms with Crippen LogP contribution >= 0.6 is 0 Å². The third-order valence-electron chi connectivity index (χ3n) is 5.76. The van der Waals surface area contributed by atoms with Gasteiger partial charge >= 0.3 is 0 Å². The summed E-state index contributed by atoms with van der Waals surface area (Å²) in [7, 11) is 2.10. The fraction of sp³-hybridized carbons (Fsp3) is 0.276. The van der Waals surface area contributed by atoms with Crippen molar-refractivity contribution in [3.8, 4) is 11.1 Å². The Labute approximate surface area is 213 Å². The second-order valence-electron chi connectivity index (χ2n) is 8.52. The first kappa shape index (κ1) is 28.3. The van der Waals surface area contributed by atoms with Crippen molar-refractivity contribution in [3.63, 3.8) is 0 Å². The fourth-order valence-corrected chi connectivity index (χ4v) is 4.04. The highest BCUT2D eigenvalue weighted by atomic mass is 16.1. The molecule has 0 aliphatic carbocycles. The molecule has 7 heteroatoms. The van der Waals surface area contributed by atoms with Crippen molar-refractivity contribution in [2.75, 3.05) is 20.1 Å². The first-order chi connectivity index (χ1) is 17.4. The molecule has 190 valence electrons. The highest BCUT2D eigenvalue weighted by Gasteiger charge is 2.18. The van der Waals surface area contributed by atoms with Crippen molar-refractivity contribution in [2.24, 2.45) is 5.73 Å². The number of nitrogens with two attached hydrogens (primary N) is 1. The molecule has 1 aliphatic rings. The Bertz CT molecular complexity index is 1240. The molecule has 4 rings (SSSR count). The molecule has 0 spiro atoms. The van der Waals surface area contributed by atoms with E-state index in [9.17, 15) is 9.59 Å². The van der Waals surface area contributed by atoms with Gasteiger partial charge in [0.05, 0.1) is 11.1 Å². The number of aromatic amines is 1. The van der Waals surface area contributed by atoms with Gasteiger partial charge < -0.3 is 25.7 Å². The van der Waals surface area contributed by atoms with E-state index in [1.165, 1.54) is 18.1 Å². The van der Waals surface area contributed by atoms with Crippen LogP contribution in [0.3, 0.4) is 0 Å². The zero-order chi connectivity index (χ0) is 26.7. The SMILES string of the molecule is C=CC(=O)NCc1ccccc1-c1ccc(C(N)=O)c2[nH]c(C3=CCN(C)CC3)cc12.C=O.CCC. The van der Waals surface area contributed by atoms with Crippen molar-refractivity contribution >= 4 is 35.1 Å². The second-order valence-corrected chi connectivity index (χ2v) is 8.52. The number of amides is 2. The molecule has 0 saturated carbocycles. The van der Waals surface area contributed by atoms with Crippen LogP contribution in [0.25, 0.3) is 27.6 Å². The summed E-state index contributed by atoms with van der Waals surface area (Å²) in [5.74, 6) is -0.684. The summed E-state index contributed by atoms with van der Waals surface area (Å²) >= 11 is 0. The summed E-state index contributed by atoms with van der Waals surface area (Å²) in [6.45, 7) is 12.0. The van der Waals surface area contributed by atoms with Gasteiger partial charge in [-0.3, -0.25) is 9.59 Å². The van der Waals surface area contributed by atoms with Gasteiger partial charge in [0.25, 0.3) is 5.91 Å². The minimum absolute atomic E-state index is 0.220. The average Bonchev–Trinajstić information content (AvgIpc) is 3.34. The maximum atomic E-state index is 12.1. The molecule has 2 amide bonds. The maximum Gasteiger partial charge on any atom is 0.250 e. The number of nitrogens with zero attached hydrogens (tertiary/aromatic N) is 1. The highest BCUT2D eigenvalue weighted by molar-refractivity contribution is 6.10. The number of H-pyrrole nitrogens is 1. The molecule has 36 heavy (non-hydrogen) atoms. The number of rotatable bonds is 6. The highest BCUT2D eigenvalue weighted by Crippen LogP contribution is 2.35. The van der Waals surface area contributed by atoms with Crippen molar-refractivity contribution in [3.05, 3.63) is 78.0 Å². The van der Waals surface area contributed by atoms with E-state index < -0.39 is 5.91 Å². The van der Waals surface area contributed by atoms with Crippen LogP contribution in [0, 0.1) is 0 Å². The Hall–Kier alpha value is -3.97. The van der Waals surface area contributed by atoms with Gasteiger partial charge in [0.15, 0.2) is 0 Å². The lowest BCUT2D eigenvalue weighted by atomic mass is 9.94. The molecule has 2 heterocycles. The Morgan fingerprint density at radius 2 is 1.83 bits per heavy atom. The van der Waals surface area contributed by atoms with E-state index in [0.29, 0.717) is 12.1 Å². The zero-order valence-corrected chi connectivity index (χ0v) is 21.4. The van der Waals surface area contributed by atoms with E-state index in [1.807, 2.05) is 37.1 Å². The van der Waals surface area contributed by atoms with E-state index >= 15 is 0 Å². The molecule has 2 aromatic carbocycles. The van der Waals surface area contributed by atoms with Gasteiger partial charge in [-0.2, -0.15) is 0 Å². The molecule has 4 N–H and O–H groups in total. The molecule has 7 nitrogen and oxygen atoms in total. The van der Waals surface area contributed by atoms with Crippen LogP contribution in [0.4, 0.5) is 0 Å². The molecule has 0 fully saturated rings. The summed E-state index contributed by atoms with van der Waals surface area (Å²) in [5, 5.41) is 3.78. The predicted octanol–water partition coefficient (Wildman–Crippen LogP) is 4.69. The number of fused-ring (bicyclic) bond motifs is 1. The lowest BCUT2D eigenvalue weighted by Crippen LogP contribution is -2.23. The van der Waals surface area contributed by atoms with E-state index in [-0.39, 0.29) is 5.91 Å². The minimum Gasteiger partial charge on any atom is -0.366 e. The number of primary amides is 1. The van der Waals surface area contributed by atoms with Crippen LogP contribution in [0.1, 0.15) is 48.3 Å². The monoisotopic (exact) mass is 488 g/mol. The zero-order valence-electron chi connectivity index (χ0n) is 21.4. The van der Waals surface area contributed by atoms with Crippen LogP contribution in [0.5, 0.6) is 0 Å². The first-order valence-electron chi connectivity index (χ1n) is 12.0. The molecule has 0 unspecified atom stereocenters. The van der Waals surface area contributed by atoms with Crippen molar-refractivity contribution in [2.45, 2.75) is 33.2 Å². The number of aromatic nitrogens is 1. The summed E-state index contributed by atoms with van der Waals surface area (Å²) in [5.41, 5.74) is 12.1. The number of carbonyl (C=O) groups excluding carboxylic acids is 3. The van der Waals surface area contributed by atoms with E-state index in [4.69, 9.17) is 10.5 Å². The molecule has 1 aliphatic heterocycles. The third kappa shape index (κ3) is 6.79. The molecule has 1 aromatic heterocycles. The normalized spacial score (nSPS) is 12.9. The maximum absolute atomic E-state index is 12.1. The number of hydrogen-bond donors (Lipinski definition) is 3. The summed E-state index contributed by atoms with van der Waals surface area (Å²) in [4.78, 5) is 37.5. The van der Waals surface area contributed by atoms with Crippen molar-refractivity contribution < 1.29 is 14.4 Å². The van der Waals surface area contributed by atoms with Gasteiger partial charge in [-0.1, -0.05) is 63.3 Å². The number of likely N-dealkylation sites (N-methyl/N-ethyl adjacent to an activating group) is 1. The summed E-state index contributed by atoms with van der Waals surface area (Å²) < 4.78 is 0. The molecular formula is C29H36N4O3. The molecule has 0 radical (unpaired) electrons. The lowest BCUT2D eigenvalue weighted by molar-refractivity contribution is -0.116. The predicted molar refractivity (Wildman–Crippen MR) is 147 cm³/mol. The topological polar surface area (TPSA) is 108 Å². The van der Waals surface area contributed by atoms with Gasteiger partial charge in [-0.25, -0.2) is 0 Å². The van der Waals surface area contributed by atoms with Crippen LogP contribution in [-0.2, 0) is 16.1 Å². The molecule has 0 saturated heterocycles. The quantitative estimate of drug-likeness (QED) is 0.438. The standard InChI is InChI=1S/C25H26N4O2.C3H8.CH2O/c1-3-23(30)27-15-17-6-4-5-7-18(17)19-8-9-20(25(26)31)24-21(19)14-22(28-24)16-10-12-29(2)13-11-16;1-3-2;1-2/h3-10,14,28H,1,11-13,15H2,2H3,(H2,26,31)(H,27,30);3H2,1-2H3;1H2. The van der Waals surface area contributed by atoms with Gasteiger partial charge in [0, 0.05) is 30.7 Å². The molecule has 0 bridgehead atoms. The Morgan fingerprint density at radius 1 is 1.14 bits per heavy atom. The van der Waals surface area contributed by atoms with E-state index in [0.717, 1.165) is 52.8 Å². The van der Waals surface area contributed by atoms with Crippen molar-refractivity contribution in [1.29, 1.82) is 0 Å². The van der Waals surface area contributed by atoms with Crippen LogP contribution < -0.4 is 11.1 Å². The summed E-state index contributed by atoms with van der Waals surface area (Å²) in [6, 6.07) is 13.7. The number of carbonyl (C=O) groups is 3. The smallest absolute Gasteiger partial charge is 0.250 e. The molecule has 0 atom stereocenters. The number of nitrogens with one attached hydrogen (secondary N) is 2. The number of benzene rings is 2. The van der Waals surface area contributed by atoms with Gasteiger partial charge in [-0.15, -0.1) is 0 Å². The number of hydrogen-bond acceptors (Lipinski definition) is 4. The Balaban J connectivity index is 0.000000850. The third-order valence-corrected chi connectivity index (χ3v) is 5.76. The van der Waals surface area contributed by atoms with Gasteiger partial charge in [0.2, 0.25) is 5.91 Å². The van der Waals surface area contributed by atoms with Crippen molar-refractivity contribution in [1.82, 2.24) is 15.2 Å². The first-order valence-corrected chi connectivity index (χ1v) is 12.0. The largest absolute Gasteiger partial charge is 0.366 e. The van der Waals surface area contributed by atoms with E-state index in [1.54, 1.807) is 6.07 Å². The van der Waals surface area contributed by atoms with Gasteiger partial charge in [0.1, 0.15) is 6.79 Å². The molecule has 3 aromatic rings. The van der Waals surface area contributed by atoms with Crippen LogP contribution in [0.15, 0.2) is 61.2 Å².